The smallest absolute Gasteiger partial charge is 0.220 e. The fourth-order valence-corrected chi connectivity index (χ4v) is 3.18. The first-order chi connectivity index (χ1) is 12.7. The standard InChI is InChI=1S/C20H21N3O2S/c1-15-4-6-18(7-5-15)25-12-2-3-19(24)22-13-17-14-26-20(23-17)16-8-10-21-11-9-16/h4-11,14H,2-3,12-13H2,1H3,(H,22,24). The number of ether oxygens (including phenoxy) is 1. The normalized spacial score (nSPS) is 10.5. The number of pyridine rings is 1. The molecule has 3 rings (SSSR count). The summed E-state index contributed by atoms with van der Waals surface area (Å²) in [5.41, 5.74) is 3.10. The number of amides is 1. The van der Waals surface area contributed by atoms with Gasteiger partial charge < -0.3 is 10.1 Å². The lowest BCUT2D eigenvalue weighted by atomic mass is 10.2. The molecule has 5 nitrogen and oxygen atoms in total. The van der Waals surface area contributed by atoms with Gasteiger partial charge in [-0.05, 0) is 37.6 Å². The highest BCUT2D eigenvalue weighted by Gasteiger charge is 2.06. The zero-order chi connectivity index (χ0) is 18.2. The summed E-state index contributed by atoms with van der Waals surface area (Å²) in [4.78, 5) is 20.5. The maximum atomic E-state index is 11.9. The van der Waals surface area contributed by atoms with Gasteiger partial charge in [0.2, 0.25) is 5.91 Å². The molecule has 0 saturated carbocycles. The van der Waals surface area contributed by atoms with Gasteiger partial charge in [0.25, 0.3) is 0 Å². The number of benzene rings is 1. The van der Waals surface area contributed by atoms with Gasteiger partial charge in [-0.2, -0.15) is 0 Å². The summed E-state index contributed by atoms with van der Waals surface area (Å²) < 4.78 is 5.63. The van der Waals surface area contributed by atoms with Gasteiger partial charge in [0.1, 0.15) is 10.8 Å². The number of carbonyl (C=O) groups excluding carboxylic acids is 1. The van der Waals surface area contributed by atoms with Crippen molar-refractivity contribution < 1.29 is 9.53 Å². The third kappa shape index (κ3) is 5.39. The number of aryl methyl sites for hydroxylation is 1. The Morgan fingerprint density at radius 3 is 2.69 bits per heavy atom. The summed E-state index contributed by atoms with van der Waals surface area (Å²) in [7, 11) is 0. The Bertz CT molecular complexity index is 832. The molecule has 0 bridgehead atoms. The Morgan fingerprint density at radius 1 is 1.15 bits per heavy atom. The second-order valence-corrected chi connectivity index (χ2v) is 6.78. The lowest BCUT2D eigenvalue weighted by molar-refractivity contribution is -0.121. The molecule has 0 radical (unpaired) electrons. The number of rotatable bonds is 8. The minimum absolute atomic E-state index is 0.0102. The SMILES string of the molecule is Cc1ccc(OCCCC(=O)NCc2csc(-c3ccncc3)n2)cc1. The third-order valence-electron chi connectivity index (χ3n) is 3.78. The van der Waals surface area contributed by atoms with Crippen molar-refractivity contribution in [2.45, 2.75) is 26.3 Å². The molecule has 3 aromatic rings. The van der Waals surface area contributed by atoms with Crippen LogP contribution in [0.3, 0.4) is 0 Å². The average Bonchev–Trinajstić information content (AvgIpc) is 3.15. The summed E-state index contributed by atoms with van der Waals surface area (Å²) in [6, 6.07) is 11.8. The van der Waals surface area contributed by atoms with E-state index in [9.17, 15) is 4.79 Å². The molecule has 6 heteroatoms. The van der Waals surface area contributed by atoms with Crippen molar-refractivity contribution in [2.75, 3.05) is 6.61 Å². The van der Waals surface area contributed by atoms with Gasteiger partial charge in [0.05, 0.1) is 18.8 Å². The fourth-order valence-electron chi connectivity index (χ4n) is 2.35. The van der Waals surface area contributed by atoms with Crippen LogP contribution in [-0.2, 0) is 11.3 Å². The van der Waals surface area contributed by atoms with Crippen molar-refractivity contribution in [2.24, 2.45) is 0 Å². The van der Waals surface area contributed by atoms with Crippen LogP contribution in [0.4, 0.5) is 0 Å². The molecule has 0 atom stereocenters. The van der Waals surface area contributed by atoms with E-state index in [0.717, 1.165) is 22.0 Å². The highest BCUT2D eigenvalue weighted by molar-refractivity contribution is 7.13. The topological polar surface area (TPSA) is 64.1 Å². The molecular weight excluding hydrogens is 346 g/mol. The molecule has 1 amide bonds. The summed E-state index contributed by atoms with van der Waals surface area (Å²) in [5.74, 6) is 0.845. The summed E-state index contributed by atoms with van der Waals surface area (Å²) in [5, 5.41) is 5.81. The molecule has 2 heterocycles. The summed E-state index contributed by atoms with van der Waals surface area (Å²) in [6.07, 6.45) is 4.61. The van der Waals surface area contributed by atoms with Crippen LogP contribution in [0.25, 0.3) is 10.6 Å². The summed E-state index contributed by atoms with van der Waals surface area (Å²) >= 11 is 1.56. The van der Waals surface area contributed by atoms with Crippen LogP contribution in [0.2, 0.25) is 0 Å². The Balaban J connectivity index is 1.36. The van der Waals surface area contributed by atoms with Crippen LogP contribution in [0.5, 0.6) is 5.75 Å². The van der Waals surface area contributed by atoms with Crippen LogP contribution in [0.1, 0.15) is 24.1 Å². The lowest BCUT2D eigenvalue weighted by Crippen LogP contribution is -2.23. The van der Waals surface area contributed by atoms with Crippen LogP contribution in [0.15, 0.2) is 54.2 Å². The molecule has 0 saturated heterocycles. The average molecular weight is 367 g/mol. The third-order valence-corrected chi connectivity index (χ3v) is 4.72. The fraction of sp³-hybridized carbons (Fsp3) is 0.250. The van der Waals surface area contributed by atoms with Crippen molar-refractivity contribution >= 4 is 17.2 Å². The van der Waals surface area contributed by atoms with Gasteiger partial charge in [-0.25, -0.2) is 4.98 Å². The van der Waals surface area contributed by atoms with Crippen LogP contribution >= 0.6 is 11.3 Å². The predicted octanol–water partition coefficient (Wildman–Crippen LogP) is 3.99. The van der Waals surface area contributed by atoms with E-state index >= 15 is 0 Å². The quantitative estimate of drug-likeness (QED) is 0.612. The monoisotopic (exact) mass is 367 g/mol. The van der Waals surface area contributed by atoms with Crippen molar-refractivity contribution in [3.63, 3.8) is 0 Å². The molecule has 1 N–H and O–H groups in total. The Labute approximate surface area is 157 Å². The van der Waals surface area contributed by atoms with Gasteiger partial charge in [0.15, 0.2) is 0 Å². The molecular formula is C20H21N3O2S. The first kappa shape index (κ1) is 18.1. The maximum absolute atomic E-state index is 11.9. The van der Waals surface area contributed by atoms with Crippen molar-refractivity contribution in [1.82, 2.24) is 15.3 Å². The summed E-state index contributed by atoms with van der Waals surface area (Å²) in [6.45, 7) is 3.01. The molecule has 0 spiro atoms. The van der Waals surface area contributed by atoms with E-state index in [4.69, 9.17) is 4.74 Å². The molecule has 0 unspecified atom stereocenters. The van der Waals surface area contributed by atoms with Crippen molar-refractivity contribution in [3.05, 3.63) is 65.4 Å². The molecule has 1 aromatic carbocycles. The highest BCUT2D eigenvalue weighted by atomic mass is 32.1. The Hall–Kier alpha value is -2.73. The van der Waals surface area contributed by atoms with E-state index in [2.05, 4.69) is 15.3 Å². The number of carbonyl (C=O) groups is 1. The van der Waals surface area contributed by atoms with Gasteiger partial charge in [0, 0.05) is 29.8 Å². The number of nitrogens with one attached hydrogen (secondary N) is 1. The molecule has 0 aliphatic heterocycles. The largest absolute Gasteiger partial charge is 0.494 e. The number of aromatic nitrogens is 2. The number of hydrogen-bond donors (Lipinski definition) is 1. The Kier molecular flexibility index (Phi) is 6.33. The first-order valence-electron chi connectivity index (χ1n) is 8.52. The van der Waals surface area contributed by atoms with Crippen LogP contribution < -0.4 is 10.1 Å². The predicted molar refractivity (Wildman–Crippen MR) is 103 cm³/mol. The van der Waals surface area contributed by atoms with Gasteiger partial charge >= 0.3 is 0 Å². The van der Waals surface area contributed by atoms with Crippen molar-refractivity contribution in [1.29, 1.82) is 0 Å². The Morgan fingerprint density at radius 2 is 1.92 bits per heavy atom. The highest BCUT2D eigenvalue weighted by Crippen LogP contribution is 2.22. The molecule has 134 valence electrons. The van der Waals surface area contributed by atoms with E-state index < -0.39 is 0 Å². The number of nitrogens with zero attached hydrogens (tertiary/aromatic N) is 2. The molecule has 0 fully saturated rings. The number of hydrogen-bond acceptors (Lipinski definition) is 5. The second kappa shape index (κ2) is 9.10. The van der Waals surface area contributed by atoms with E-state index in [-0.39, 0.29) is 5.91 Å². The lowest BCUT2D eigenvalue weighted by Gasteiger charge is -2.06. The van der Waals surface area contributed by atoms with Gasteiger partial charge in [-0.1, -0.05) is 17.7 Å². The second-order valence-electron chi connectivity index (χ2n) is 5.92. The van der Waals surface area contributed by atoms with Gasteiger partial charge in [-0.15, -0.1) is 11.3 Å². The first-order valence-corrected chi connectivity index (χ1v) is 9.39. The van der Waals surface area contributed by atoms with Crippen molar-refractivity contribution in [3.8, 4) is 16.3 Å². The molecule has 0 aliphatic rings. The molecule has 2 aromatic heterocycles. The van der Waals surface area contributed by atoms with E-state index in [1.807, 2.05) is 48.7 Å². The van der Waals surface area contributed by atoms with Gasteiger partial charge in [-0.3, -0.25) is 9.78 Å². The minimum atomic E-state index is 0.0102. The zero-order valence-corrected chi connectivity index (χ0v) is 15.5. The van der Waals surface area contributed by atoms with Crippen LogP contribution in [0, 0.1) is 6.92 Å². The van der Waals surface area contributed by atoms with Crippen LogP contribution in [-0.4, -0.2) is 22.5 Å². The number of thiazole rings is 1. The minimum Gasteiger partial charge on any atom is -0.494 e. The molecule has 26 heavy (non-hydrogen) atoms. The van der Waals surface area contributed by atoms with E-state index in [1.165, 1.54) is 5.56 Å². The zero-order valence-electron chi connectivity index (χ0n) is 14.6. The van der Waals surface area contributed by atoms with E-state index in [1.54, 1.807) is 23.7 Å². The van der Waals surface area contributed by atoms with E-state index in [0.29, 0.717) is 26.0 Å². The maximum Gasteiger partial charge on any atom is 0.220 e. The molecule has 0 aliphatic carbocycles.